The summed E-state index contributed by atoms with van der Waals surface area (Å²) >= 11 is 0. The standard InChI is InChI=1S/C27H30N4O5S/c28-37(35,36)22-5-3-21(4-6-22)31-24(32)11-23(25(31)33)30(16-17-2-1-7-29-15-17)26(34)27-12-18-8-19(13-27)10-20(9-18)14-27/h1-7,15,18-20,23H,8-14,16H2,(H2,28,35,36). The number of pyridine rings is 1. The second-order valence-electron chi connectivity index (χ2n) is 11.3. The van der Waals surface area contributed by atoms with Gasteiger partial charge >= 0.3 is 0 Å². The minimum atomic E-state index is -3.91. The van der Waals surface area contributed by atoms with Crippen LogP contribution in [0.25, 0.3) is 0 Å². The zero-order valence-electron chi connectivity index (χ0n) is 20.5. The van der Waals surface area contributed by atoms with E-state index < -0.39 is 33.3 Å². The van der Waals surface area contributed by atoms with Crippen molar-refractivity contribution in [2.45, 2.75) is 62.4 Å². The molecule has 5 fully saturated rings. The summed E-state index contributed by atoms with van der Waals surface area (Å²) in [6.45, 7) is 0.205. The van der Waals surface area contributed by atoms with Crippen molar-refractivity contribution in [1.82, 2.24) is 9.88 Å². The molecule has 2 N–H and O–H groups in total. The number of hydrogen-bond acceptors (Lipinski definition) is 6. The van der Waals surface area contributed by atoms with E-state index in [1.54, 1.807) is 23.4 Å². The number of rotatable bonds is 6. The van der Waals surface area contributed by atoms with Gasteiger partial charge in [-0.3, -0.25) is 19.4 Å². The van der Waals surface area contributed by atoms with Crippen molar-refractivity contribution in [3.05, 3.63) is 54.4 Å². The summed E-state index contributed by atoms with van der Waals surface area (Å²) in [5.74, 6) is 0.761. The van der Waals surface area contributed by atoms with Crippen LogP contribution in [0.4, 0.5) is 5.69 Å². The lowest BCUT2D eigenvalue weighted by Crippen LogP contribution is -2.57. The van der Waals surface area contributed by atoms with E-state index in [0.29, 0.717) is 17.8 Å². The first-order valence-corrected chi connectivity index (χ1v) is 14.4. The van der Waals surface area contributed by atoms with Gasteiger partial charge in [0.25, 0.3) is 5.91 Å². The van der Waals surface area contributed by atoms with E-state index in [1.807, 2.05) is 6.07 Å². The number of nitrogens with two attached hydrogens (primary N) is 1. The molecule has 2 heterocycles. The van der Waals surface area contributed by atoms with E-state index in [0.717, 1.165) is 29.7 Å². The number of hydrogen-bond donors (Lipinski definition) is 1. The highest BCUT2D eigenvalue weighted by Gasteiger charge is 2.57. The molecule has 3 amide bonds. The molecule has 0 radical (unpaired) electrons. The number of imide groups is 1. The second kappa shape index (κ2) is 8.73. The van der Waals surface area contributed by atoms with Gasteiger partial charge in [-0.2, -0.15) is 0 Å². The van der Waals surface area contributed by atoms with Gasteiger partial charge in [-0.1, -0.05) is 6.07 Å². The van der Waals surface area contributed by atoms with Crippen LogP contribution in [0.15, 0.2) is 53.7 Å². The minimum absolute atomic E-state index is 0.0203. The Bertz CT molecular complexity index is 1320. The molecule has 2 aromatic rings. The van der Waals surface area contributed by atoms with E-state index >= 15 is 0 Å². The molecule has 4 saturated carbocycles. The first-order chi connectivity index (χ1) is 17.6. The first kappa shape index (κ1) is 24.2. The lowest BCUT2D eigenvalue weighted by molar-refractivity contribution is -0.162. The normalized spacial score (nSPS) is 30.7. The van der Waals surface area contributed by atoms with Gasteiger partial charge in [0, 0.05) is 18.9 Å². The van der Waals surface area contributed by atoms with Crippen LogP contribution in [-0.4, -0.2) is 42.1 Å². The fourth-order valence-corrected chi connectivity index (χ4v) is 8.12. The van der Waals surface area contributed by atoms with Crippen molar-refractivity contribution >= 4 is 33.4 Å². The molecule has 1 unspecified atom stereocenters. The number of carbonyl (C=O) groups excluding carboxylic acids is 3. The Morgan fingerprint density at radius 2 is 1.65 bits per heavy atom. The summed E-state index contributed by atoms with van der Waals surface area (Å²) in [6.07, 6.45) is 9.37. The highest BCUT2D eigenvalue weighted by molar-refractivity contribution is 7.89. The lowest BCUT2D eigenvalue weighted by atomic mass is 9.49. The molecule has 1 aliphatic heterocycles. The zero-order chi connectivity index (χ0) is 25.9. The van der Waals surface area contributed by atoms with Crippen LogP contribution in [0.1, 0.15) is 50.5 Å². The molecule has 1 aromatic carbocycles. The van der Waals surface area contributed by atoms with Crippen molar-refractivity contribution in [3.63, 3.8) is 0 Å². The van der Waals surface area contributed by atoms with Crippen LogP contribution in [0.3, 0.4) is 0 Å². The Morgan fingerprint density at radius 1 is 1.03 bits per heavy atom. The predicted molar refractivity (Wildman–Crippen MR) is 134 cm³/mol. The quantitative estimate of drug-likeness (QED) is 0.581. The summed E-state index contributed by atoms with van der Waals surface area (Å²) in [5.41, 5.74) is 0.593. The van der Waals surface area contributed by atoms with Crippen molar-refractivity contribution in [3.8, 4) is 0 Å². The summed E-state index contributed by atoms with van der Waals surface area (Å²) in [7, 11) is -3.91. The van der Waals surface area contributed by atoms with Crippen LogP contribution in [-0.2, 0) is 31.0 Å². The van der Waals surface area contributed by atoms with Crippen LogP contribution >= 0.6 is 0 Å². The van der Waals surface area contributed by atoms with Crippen molar-refractivity contribution < 1.29 is 22.8 Å². The molecular formula is C27H30N4O5S. The molecule has 37 heavy (non-hydrogen) atoms. The van der Waals surface area contributed by atoms with E-state index in [4.69, 9.17) is 5.14 Å². The van der Waals surface area contributed by atoms with E-state index in [-0.39, 0.29) is 29.5 Å². The molecule has 9 nitrogen and oxygen atoms in total. The monoisotopic (exact) mass is 522 g/mol. The SMILES string of the molecule is NS(=O)(=O)c1ccc(N2C(=O)CC(N(Cc3cccnc3)C(=O)C34CC5CC(CC(C5)C3)C4)C2=O)cc1. The van der Waals surface area contributed by atoms with Gasteiger partial charge in [-0.05, 0) is 92.2 Å². The molecule has 194 valence electrons. The summed E-state index contributed by atoms with van der Waals surface area (Å²) in [4.78, 5) is 48.0. The minimum Gasteiger partial charge on any atom is -0.325 e. The van der Waals surface area contributed by atoms with E-state index in [2.05, 4.69) is 4.98 Å². The van der Waals surface area contributed by atoms with Gasteiger partial charge in [0.15, 0.2) is 0 Å². The molecule has 4 bridgehead atoms. The number of sulfonamides is 1. The second-order valence-corrected chi connectivity index (χ2v) is 12.9. The van der Waals surface area contributed by atoms with Crippen molar-refractivity contribution in [2.24, 2.45) is 28.3 Å². The van der Waals surface area contributed by atoms with Gasteiger partial charge in [-0.25, -0.2) is 18.5 Å². The van der Waals surface area contributed by atoms with E-state index in [1.165, 1.54) is 43.5 Å². The third-order valence-corrected chi connectivity index (χ3v) is 9.68. The topological polar surface area (TPSA) is 131 Å². The average Bonchev–Trinajstić information content (AvgIpc) is 3.15. The Hall–Kier alpha value is -3.11. The zero-order valence-corrected chi connectivity index (χ0v) is 21.3. The molecule has 10 heteroatoms. The molecule has 4 aliphatic carbocycles. The smallest absolute Gasteiger partial charge is 0.257 e. The molecule has 1 saturated heterocycles. The highest BCUT2D eigenvalue weighted by atomic mass is 32.2. The number of anilines is 1. The van der Waals surface area contributed by atoms with E-state index in [9.17, 15) is 22.8 Å². The summed E-state index contributed by atoms with van der Waals surface area (Å²) < 4.78 is 23.3. The number of amides is 3. The maximum atomic E-state index is 14.4. The fraction of sp³-hybridized carbons (Fsp3) is 0.481. The maximum absolute atomic E-state index is 14.4. The van der Waals surface area contributed by atoms with Crippen LogP contribution in [0, 0.1) is 23.2 Å². The van der Waals surface area contributed by atoms with Gasteiger partial charge < -0.3 is 4.90 Å². The number of nitrogens with zero attached hydrogens (tertiary/aromatic N) is 3. The van der Waals surface area contributed by atoms with Gasteiger partial charge in [-0.15, -0.1) is 0 Å². The third kappa shape index (κ3) is 4.25. The molecule has 1 aromatic heterocycles. The maximum Gasteiger partial charge on any atom is 0.257 e. The van der Waals surface area contributed by atoms with Crippen LogP contribution < -0.4 is 10.0 Å². The molecule has 5 aliphatic rings. The Morgan fingerprint density at radius 3 is 2.19 bits per heavy atom. The molecule has 7 rings (SSSR count). The molecular weight excluding hydrogens is 492 g/mol. The van der Waals surface area contributed by atoms with Gasteiger partial charge in [0.05, 0.1) is 22.4 Å². The Kier molecular flexibility index (Phi) is 5.72. The molecule has 1 atom stereocenters. The third-order valence-electron chi connectivity index (χ3n) is 8.75. The highest BCUT2D eigenvalue weighted by Crippen LogP contribution is 2.60. The van der Waals surface area contributed by atoms with Crippen molar-refractivity contribution in [2.75, 3.05) is 4.90 Å². The van der Waals surface area contributed by atoms with Crippen LogP contribution in [0.2, 0.25) is 0 Å². The number of benzene rings is 1. The Balaban J connectivity index is 1.32. The average molecular weight is 523 g/mol. The van der Waals surface area contributed by atoms with Crippen molar-refractivity contribution in [1.29, 1.82) is 0 Å². The summed E-state index contributed by atoms with van der Waals surface area (Å²) in [5, 5.41) is 5.18. The summed E-state index contributed by atoms with van der Waals surface area (Å²) in [6, 6.07) is 8.07. The molecule has 0 spiro atoms. The van der Waals surface area contributed by atoms with Gasteiger partial charge in [0.1, 0.15) is 6.04 Å². The lowest BCUT2D eigenvalue weighted by Gasteiger charge is -2.56. The fourth-order valence-electron chi connectivity index (χ4n) is 7.60. The number of primary sulfonamides is 1. The first-order valence-electron chi connectivity index (χ1n) is 12.8. The largest absolute Gasteiger partial charge is 0.325 e. The van der Waals surface area contributed by atoms with Crippen LogP contribution in [0.5, 0.6) is 0 Å². The van der Waals surface area contributed by atoms with Gasteiger partial charge in [0.2, 0.25) is 21.8 Å². The number of carbonyl (C=O) groups is 3. The predicted octanol–water partition coefficient (Wildman–Crippen LogP) is 2.61. The number of aromatic nitrogens is 1. The Labute approximate surface area is 216 Å².